The number of carbonyl (C=O) groups is 2. The number of fused-ring (bicyclic) bond motifs is 4. The van der Waals surface area contributed by atoms with Crippen molar-refractivity contribution < 1.29 is 9.59 Å². The minimum absolute atomic E-state index is 0.0286. The summed E-state index contributed by atoms with van der Waals surface area (Å²) in [4.78, 5) is 60.3. The third kappa shape index (κ3) is 9.21. The number of aromatic amines is 2. The summed E-state index contributed by atoms with van der Waals surface area (Å²) in [5, 5.41) is 7.71. The highest BCUT2D eigenvalue weighted by atomic mass is 79.9. The molecule has 59 heavy (non-hydrogen) atoms. The Labute approximate surface area is 352 Å². The number of nitrogens with zero attached hydrogens (tertiary/aromatic N) is 3. The van der Waals surface area contributed by atoms with E-state index in [4.69, 9.17) is 0 Å². The number of pyridine rings is 2. The number of benzene rings is 4. The van der Waals surface area contributed by atoms with Gasteiger partial charge in [0, 0.05) is 96.0 Å². The number of rotatable bonds is 3. The molecule has 4 aliphatic heterocycles. The molecule has 0 unspecified atom stereocenters. The Morgan fingerprint density at radius 1 is 0.576 bits per heavy atom. The second kappa shape index (κ2) is 18.6. The summed E-state index contributed by atoms with van der Waals surface area (Å²) < 4.78 is 1.07. The average molecular weight is 856 g/mol. The zero-order valence-electron chi connectivity index (χ0n) is 33.4. The van der Waals surface area contributed by atoms with Gasteiger partial charge in [0.05, 0.1) is 0 Å². The van der Waals surface area contributed by atoms with Crippen LogP contribution < -0.4 is 21.3 Å². The maximum atomic E-state index is 12.9. The number of nitrogens with one attached hydrogen (secondary N) is 3. The van der Waals surface area contributed by atoms with E-state index in [-0.39, 0.29) is 22.9 Å². The summed E-state index contributed by atoms with van der Waals surface area (Å²) in [5.74, 6) is 0.310. The summed E-state index contributed by atoms with van der Waals surface area (Å²) in [6, 6.07) is 28.3. The van der Waals surface area contributed by atoms with Gasteiger partial charge in [0.15, 0.2) is 0 Å². The highest BCUT2D eigenvalue weighted by Gasteiger charge is 2.22. The van der Waals surface area contributed by atoms with Crippen LogP contribution in [0, 0.1) is 0 Å². The van der Waals surface area contributed by atoms with E-state index in [1.54, 1.807) is 12.4 Å². The van der Waals surface area contributed by atoms with Crippen LogP contribution in [0.25, 0.3) is 21.5 Å². The van der Waals surface area contributed by atoms with Gasteiger partial charge in [-0.3, -0.25) is 19.2 Å². The summed E-state index contributed by atoms with van der Waals surface area (Å²) in [6.07, 6.45) is 11.9. The van der Waals surface area contributed by atoms with Crippen LogP contribution in [0.4, 0.5) is 5.69 Å². The molecule has 3 N–H and O–H groups in total. The fraction of sp³-hybridized carbons (Fsp3) is 0.333. The van der Waals surface area contributed by atoms with E-state index in [1.807, 2.05) is 70.5 Å². The molecule has 2 saturated heterocycles. The number of aromatic nitrogens is 2. The van der Waals surface area contributed by atoms with Gasteiger partial charge in [-0.05, 0) is 134 Å². The van der Waals surface area contributed by atoms with Crippen LogP contribution in [0.15, 0.2) is 111 Å². The number of piperidine rings is 2. The Bertz CT molecular complexity index is 2590. The molecule has 0 radical (unpaired) electrons. The van der Waals surface area contributed by atoms with Crippen LogP contribution in [0.2, 0.25) is 0 Å². The minimum atomic E-state index is 0.0286. The van der Waals surface area contributed by atoms with E-state index in [0.29, 0.717) is 0 Å². The third-order valence-electron chi connectivity index (χ3n) is 12.0. The molecule has 304 valence electrons. The van der Waals surface area contributed by atoms with Crippen molar-refractivity contribution in [3.63, 3.8) is 0 Å². The van der Waals surface area contributed by atoms with E-state index < -0.39 is 0 Å². The second-order valence-electron chi connectivity index (χ2n) is 15.8. The van der Waals surface area contributed by atoms with Crippen molar-refractivity contribution in [2.45, 2.75) is 64.5 Å². The lowest BCUT2D eigenvalue weighted by molar-refractivity contribution is 0.0717. The maximum absolute atomic E-state index is 12.9. The molecule has 2 aromatic heterocycles. The first-order valence-corrected chi connectivity index (χ1v) is 21.8. The first-order valence-electron chi connectivity index (χ1n) is 21.0. The quantitative estimate of drug-likeness (QED) is 0.166. The van der Waals surface area contributed by atoms with Crippen LogP contribution in [0.1, 0.15) is 81.5 Å². The summed E-state index contributed by atoms with van der Waals surface area (Å²) in [7, 11) is 0. The SMILES string of the molecule is O=C(c1ccc2c(Br)cccc2c1)N1CCCCC1.O=C(c1ccc2c(N3CCc4c(cc[nH]c4=O)C3)cccc2c1)N1CCCCC1.O=c1[nH]ccc2c1CCNC2. The maximum Gasteiger partial charge on any atom is 0.253 e. The van der Waals surface area contributed by atoms with Crippen LogP contribution in [-0.4, -0.2) is 70.9 Å². The fourth-order valence-corrected chi connectivity index (χ4v) is 9.26. The predicted molar refractivity (Wildman–Crippen MR) is 239 cm³/mol. The van der Waals surface area contributed by atoms with Gasteiger partial charge in [0.1, 0.15) is 0 Å². The number of hydrogen-bond donors (Lipinski definition) is 3. The van der Waals surface area contributed by atoms with Gasteiger partial charge in [-0.25, -0.2) is 0 Å². The average Bonchev–Trinajstić information content (AvgIpc) is 3.29. The Hall–Kier alpha value is -5.52. The number of anilines is 1. The minimum Gasteiger partial charge on any atom is -0.366 e. The van der Waals surface area contributed by atoms with Gasteiger partial charge in [-0.15, -0.1) is 0 Å². The van der Waals surface area contributed by atoms with Crippen molar-refractivity contribution in [1.82, 2.24) is 25.1 Å². The van der Waals surface area contributed by atoms with Gasteiger partial charge >= 0.3 is 0 Å². The molecule has 6 heterocycles. The Balaban J connectivity index is 0.000000137. The molecule has 0 spiro atoms. The Morgan fingerprint density at radius 3 is 1.76 bits per heavy atom. The van der Waals surface area contributed by atoms with Crippen molar-refractivity contribution in [2.75, 3.05) is 44.2 Å². The number of carbonyl (C=O) groups excluding carboxylic acids is 2. The lowest BCUT2D eigenvalue weighted by Crippen LogP contribution is -2.35. The van der Waals surface area contributed by atoms with Crippen molar-refractivity contribution in [2.24, 2.45) is 0 Å². The van der Waals surface area contributed by atoms with Gasteiger partial charge < -0.3 is 30.0 Å². The van der Waals surface area contributed by atoms with E-state index in [0.717, 1.165) is 156 Å². The summed E-state index contributed by atoms with van der Waals surface area (Å²) in [5.41, 5.74) is 6.91. The molecule has 0 aliphatic carbocycles. The second-order valence-corrected chi connectivity index (χ2v) is 16.7. The van der Waals surface area contributed by atoms with Crippen LogP contribution in [-0.2, 0) is 25.9 Å². The van der Waals surface area contributed by atoms with Crippen molar-refractivity contribution in [1.29, 1.82) is 0 Å². The number of halogens is 1. The standard InChI is InChI=1S/C24H25N3O2.C16H16BrNO.C8H10N2O/c28-23-21-10-14-27(16-19(21)9-11-25-23)22-6-4-5-17-15-18(7-8-20(17)22)24(29)26-12-2-1-3-13-26;17-15-6-4-5-12-11-13(7-8-14(12)15)16(19)18-9-2-1-3-10-18;11-8-7-2-3-9-5-6(7)1-4-10-8/h4-9,11,15H,1-3,10,12-14,16H2,(H,25,28);4-8,11H,1-3,9-10H2;1,4,9H,2-3,5H2,(H,10,11). The molecule has 2 amide bonds. The van der Waals surface area contributed by atoms with Crippen LogP contribution >= 0.6 is 15.9 Å². The fourth-order valence-electron chi connectivity index (χ4n) is 8.75. The van der Waals surface area contributed by atoms with Crippen LogP contribution in [0.5, 0.6) is 0 Å². The molecule has 10 rings (SSSR count). The van der Waals surface area contributed by atoms with Gasteiger partial charge in [-0.1, -0.05) is 52.3 Å². The van der Waals surface area contributed by atoms with Crippen molar-refractivity contribution in [3.05, 3.63) is 156 Å². The molecule has 0 saturated carbocycles. The molecule has 4 aliphatic rings. The first-order chi connectivity index (χ1) is 28.8. The van der Waals surface area contributed by atoms with E-state index in [1.165, 1.54) is 12.8 Å². The zero-order chi connectivity index (χ0) is 40.7. The third-order valence-corrected chi connectivity index (χ3v) is 12.7. The smallest absolute Gasteiger partial charge is 0.253 e. The molecule has 4 aromatic carbocycles. The Morgan fingerprint density at radius 2 is 1.14 bits per heavy atom. The highest BCUT2D eigenvalue weighted by Crippen LogP contribution is 2.32. The molecule has 10 nitrogen and oxygen atoms in total. The monoisotopic (exact) mass is 854 g/mol. The first kappa shape index (κ1) is 40.3. The van der Waals surface area contributed by atoms with Crippen molar-refractivity contribution in [3.8, 4) is 0 Å². The van der Waals surface area contributed by atoms with Crippen LogP contribution in [0.3, 0.4) is 0 Å². The van der Waals surface area contributed by atoms with Gasteiger partial charge in [0.2, 0.25) is 0 Å². The molecule has 0 atom stereocenters. The van der Waals surface area contributed by atoms with E-state index in [9.17, 15) is 19.2 Å². The zero-order valence-corrected chi connectivity index (χ0v) is 35.0. The number of hydrogen-bond acceptors (Lipinski definition) is 6. The number of likely N-dealkylation sites (tertiary alicyclic amines) is 2. The molecular formula is C48H51BrN6O4. The summed E-state index contributed by atoms with van der Waals surface area (Å²) >= 11 is 3.54. The molecule has 2 fully saturated rings. The van der Waals surface area contributed by atoms with E-state index >= 15 is 0 Å². The van der Waals surface area contributed by atoms with Gasteiger partial charge in [-0.2, -0.15) is 0 Å². The molecule has 11 heteroatoms. The van der Waals surface area contributed by atoms with Gasteiger partial charge in [0.25, 0.3) is 22.9 Å². The summed E-state index contributed by atoms with van der Waals surface area (Å²) in [6.45, 7) is 6.82. The van der Waals surface area contributed by atoms with Crippen molar-refractivity contribution >= 4 is 55.0 Å². The molecule has 0 bridgehead atoms. The topological polar surface area (TPSA) is 122 Å². The largest absolute Gasteiger partial charge is 0.366 e. The molecule has 6 aromatic rings. The lowest BCUT2D eigenvalue weighted by atomic mass is 9.99. The highest BCUT2D eigenvalue weighted by molar-refractivity contribution is 9.10. The number of amides is 2. The lowest BCUT2D eigenvalue weighted by Gasteiger charge is -2.31. The molecular weight excluding hydrogens is 804 g/mol. The normalized spacial score (nSPS) is 16.3. The van der Waals surface area contributed by atoms with E-state index in [2.05, 4.69) is 60.4 Å². The Kier molecular flexibility index (Phi) is 12.7. The number of H-pyrrole nitrogens is 2. The predicted octanol–water partition coefficient (Wildman–Crippen LogP) is 7.97.